The van der Waals surface area contributed by atoms with E-state index in [0.29, 0.717) is 23.9 Å². The molecule has 0 spiro atoms. The number of carbonyl (C=O) groups excluding carboxylic acids is 1. The molecule has 0 aromatic heterocycles. The average Bonchev–Trinajstić information content (AvgIpc) is 2.63. The molecular formula is C83H162N2O6P+. The quantitative estimate of drug-likeness (QED) is 0.0243. The molecule has 0 heterocycles. The van der Waals surface area contributed by atoms with Gasteiger partial charge in [0.25, 0.3) is 0 Å². The molecule has 0 rings (SSSR count). The van der Waals surface area contributed by atoms with E-state index in [0.717, 1.165) is 64.2 Å². The minimum atomic E-state index is -4.33. The lowest BCUT2D eigenvalue weighted by atomic mass is 10.0. The Morgan fingerprint density at radius 1 is 0.380 bits per heavy atom. The van der Waals surface area contributed by atoms with E-state index in [1.807, 2.05) is 21.1 Å². The van der Waals surface area contributed by atoms with Crippen molar-refractivity contribution in [3.8, 4) is 0 Å². The summed E-state index contributed by atoms with van der Waals surface area (Å²) >= 11 is 0. The molecule has 0 aliphatic carbocycles. The lowest BCUT2D eigenvalue weighted by Crippen LogP contribution is -2.46. The van der Waals surface area contributed by atoms with Crippen LogP contribution >= 0.6 is 7.82 Å². The van der Waals surface area contributed by atoms with E-state index in [1.165, 1.54) is 334 Å². The zero-order valence-corrected chi connectivity index (χ0v) is 63.5. The van der Waals surface area contributed by atoms with Crippen LogP contribution in [0.25, 0.3) is 0 Å². The zero-order chi connectivity index (χ0) is 66.9. The summed E-state index contributed by atoms with van der Waals surface area (Å²) in [5.74, 6) is -0.134. The van der Waals surface area contributed by atoms with E-state index >= 15 is 0 Å². The second-order valence-corrected chi connectivity index (χ2v) is 30.9. The minimum Gasteiger partial charge on any atom is -0.391 e. The Labute approximate surface area is 575 Å². The van der Waals surface area contributed by atoms with Gasteiger partial charge in [-0.25, -0.2) is 4.57 Å². The number of unbranched alkanes of at least 4 members (excludes halogenated alkanes) is 56. The van der Waals surface area contributed by atoms with Crippen LogP contribution in [0, 0.1) is 0 Å². The Bertz CT molecular complexity index is 1640. The number of allylic oxidation sites excluding steroid dienone is 8. The van der Waals surface area contributed by atoms with Gasteiger partial charge in [0.05, 0.1) is 39.9 Å². The molecular weight excluding hydrogens is 1150 g/mol. The average molecular weight is 1320 g/mol. The number of hydrogen-bond acceptors (Lipinski definition) is 5. The van der Waals surface area contributed by atoms with Gasteiger partial charge in [0.15, 0.2) is 0 Å². The zero-order valence-electron chi connectivity index (χ0n) is 62.6. The SMILES string of the molecule is CC/C=C\C/C=C\C/C=C\C/C=C\CCCCCCCCCCCCCCCCCCCCCCCCCCCCC(=O)NC(COP(=O)(O)OCC[N+](C)(C)C)C(O)CCCCCCCCCCCCCCCCCCCCCCCCCCCCCCCCC. The third-order valence-electron chi connectivity index (χ3n) is 19.1. The van der Waals surface area contributed by atoms with Crippen LogP contribution < -0.4 is 5.32 Å². The van der Waals surface area contributed by atoms with E-state index in [9.17, 15) is 19.4 Å². The molecule has 0 aromatic rings. The summed E-state index contributed by atoms with van der Waals surface area (Å²) < 4.78 is 24.0. The maximum Gasteiger partial charge on any atom is 0.472 e. The molecule has 0 saturated heterocycles. The van der Waals surface area contributed by atoms with Gasteiger partial charge in [-0.15, -0.1) is 0 Å². The van der Waals surface area contributed by atoms with Crippen molar-refractivity contribution in [2.24, 2.45) is 0 Å². The van der Waals surface area contributed by atoms with Gasteiger partial charge in [-0.2, -0.15) is 0 Å². The van der Waals surface area contributed by atoms with Gasteiger partial charge in [0.2, 0.25) is 5.91 Å². The van der Waals surface area contributed by atoms with Crippen molar-refractivity contribution >= 4 is 13.7 Å². The van der Waals surface area contributed by atoms with Crippen molar-refractivity contribution < 1.29 is 32.9 Å². The van der Waals surface area contributed by atoms with Crippen molar-refractivity contribution in [3.05, 3.63) is 48.6 Å². The number of rotatable bonds is 77. The number of nitrogens with zero attached hydrogens (tertiary/aromatic N) is 1. The molecule has 3 atom stereocenters. The van der Waals surface area contributed by atoms with Crippen LogP contribution in [0.3, 0.4) is 0 Å². The summed E-state index contributed by atoms with van der Waals surface area (Å²) in [4.78, 5) is 23.5. The molecule has 1 amide bonds. The molecule has 0 fully saturated rings. The Balaban J connectivity index is 3.89. The Morgan fingerprint density at radius 3 is 0.957 bits per heavy atom. The molecule has 0 saturated carbocycles. The molecule has 9 heteroatoms. The number of amides is 1. The molecule has 3 unspecified atom stereocenters. The van der Waals surface area contributed by atoms with Crippen LogP contribution in [0.1, 0.15) is 425 Å². The number of phosphoric ester groups is 1. The molecule has 0 radical (unpaired) electrons. The number of phosphoric acid groups is 1. The fourth-order valence-corrected chi connectivity index (χ4v) is 13.5. The van der Waals surface area contributed by atoms with Gasteiger partial charge in [-0.05, 0) is 51.4 Å². The van der Waals surface area contributed by atoms with Crippen LogP contribution in [0.15, 0.2) is 48.6 Å². The standard InChI is InChI=1S/C83H161N2O6P/c1-6-8-10-12-14-16-18-20-22-24-26-28-30-32-34-36-38-39-40-41-42-43-44-45-47-49-51-53-55-57-59-61-63-65-67-69-71-73-75-77-83(87)84-81(80-91-92(88,89)90-79-78-85(3,4)5)82(86)76-74-72-70-68-66-64-62-60-58-56-54-52-50-48-46-37-35-33-31-29-27-25-23-21-19-17-15-13-11-9-7-2/h8,10,14,16,20,22,26,28,81-82,86H,6-7,9,11-13,15,17-19,21,23-25,27,29-80H2,1-5H3,(H-,84,87,88,89)/p+1/b10-8-,16-14-,22-20-,28-26-. The number of likely N-dealkylation sites (N-methyl/N-ethyl adjacent to an activating group) is 1. The summed E-state index contributed by atoms with van der Waals surface area (Å²) in [6.07, 6.45) is 101. The first kappa shape index (κ1) is 90.5. The Morgan fingerprint density at radius 2 is 0.652 bits per heavy atom. The van der Waals surface area contributed by atoms with Crippen LogP contribution in [-0.2, 0) is 18.4 Å². The summed E-state index contributed by atoms with van der Waals surface area (Å²) in [5.41, 5.74) is 0. The molecule has 3 N–H and O–H groups in total. The van der Waals surface area contributed by atoms with E-state index in [2.05, 4.69) is 67.8 Å². The third-order valence-corrected chi connectivity index (χ3v) is 20.1. The van der Waals surface area contributed by atoms with Crippen molar-refractivity contribution in [2.45, 2.75) is 437 Å². The number of aliphatic hydroxyl groups excluding tert-OH is 1. The molecule has 92 heavy (non-hydrogen) atoms. The van der Waals surface area contributed by atoms with Gasteiger partial charge in [-0.1, -0.05) is 416 Å². The number of nitrogens with one attached hydrogen (secondary N) is 1. The van der Waals surface area contributed by atoms with Crippen molar-refractivity contribution in [2.75, 3.05) is 40.9 Å². The minimum absolute atomic E-state index is 0.0774. The predicted molar refractivity (Wildman–Crippen MR) is 406 cm³/mol. The highest BCUT2D eigenvalue weighted by Gasteiger charge is 2.28. The summed E-state index contributed by atoms with van der Waals surface area (Å²) in [5, 5.41) is 14.2. The van der Waals surface area contributed by atoms with Gasteiger partial charge in [0, 0.05) is 6.42 Å². The fourth-order valence-electron chi connectivity index (χ4n) is 12.8. The first-order valence-electron chi connectivity index (χ1n) is 41.0. The van der Waals surface area contributed by atoms with E-state index in [4.69, 9.17) is 9.05 Å². The first-order chi connectivity index (χ1) is 45.0. The van der Waals surface area contributed by atoms with Gasteiger partial charge in [-0.3, -0.25) is 13.8 Å². The lowest BCUT2D eigenvalue weighted by molar-refractivity contribution is -0.870. The maximum absolute atomic E-state index is 13.1. The number of quaternary nitrogens is 1. The van der Waals surface area contributed by atoms with Gasteiger partial charge >= 0.3 is 7.82 Å². The number of hydrogen-bond donors (Lipinski definition) is 3. The summed E-state index contributed by atoms with van der Waals surface area (Å²) in [6, 6.07) is -0.761. The van der Waals surface area contributed by atoms with Crippen LogP contribution in [0.5, 0.6) is 0 Å². The molecule has 0 bridgehead atoms. The first-order valence-corrected chi connectivity index (χ1v) is 42.5. The second kappa shape index (κ2) is 73.7. The number of carbonyl (C=O) groups is 1. The maximum atomic E-state index is 13.1. The summed E-state index contributed by atoms with van der Waals surface area (Å²) in [7, 11) is 1.64. The molecule has 8 nitrogen and oxygen atoms in total. The van der Waals surface area contributed by atoms with E-state index < -0.39 is 20.0 Å². The van der Waals surface area contributed by atoms with Crippen LogP contribution in [0.2, 0.25) is 0 Å². The van der Waals surface area contributed by atoms with Crippen LogP contribution in [0.4, 0.5) is 0 Å². The normalized spacial score (nSPS) is 13.7. The van der Waals surface area contributed by atoms with Crippen molar-refractivity contribution in [1.82, 2.24) is 5.32 Å². The molecule has 544 valence electrons. The lowest BCUT2D eigenvalue weighted by Gasteiger charge is -2.26. The Hall–Kier alpha value is -1.54. The van der Waals surface area contributed by atoms with Crippen molar-refractivity contribution in [1.29, 1.82) is 0 Å². The smallest absolute Gasteiger partial charge is 0.391 e. The topological polar surface area (TPSA) is 105 Å². The third kappa shape index (κ3) is 75.8. The molecule has 0 aliphatic heterocycles. The largest absolute Gasteiger partial charge is 0.472 e. The number of aliphatic hydroxyl groups is 1. The van der Waals surface area contributed by atoms with E-state index in [1.54, 1.807) is 0 Å². The second-order valence-electron chi connectivity index (χ2n) is 29.5. The summed E-state index contributed by atoms with van der Waals surface area (Å²) in [6.45, 7) is 4.85. The van der Waals surface area contributed by atoms with Gasteiger partial charge in [0.1, 0.15) is 13.2 Å². The highest BCUT2D eigenvalue weighted by atomic mass is 31.2. The van der Waals surface area contributed by atoms with Crippen molar-refractivity contribution in [3.63, 3.8) is 0 Å². The molecule has 0 aromatic carbocycles. The van der Waals surface area contributed by atoms with E-state index in [-0.39, 0.29) is 19.1 Å². The van der Waals surface area contributed by atoms with Gasteiger partial charge < -0.3 is 19.8 Å². The predicted octanol–water partition coefficient (Wildman–Crippen LogP) is 26.9. The monoisotopic (exact) mass is 1310 g/mol. The highest BCUT2D eigenvalue weighted by molar-refractivity contribution is 7.47. The molecule has 0 aliphatic rings. The van der Waals surface area contributed by atoms with Crippen LogP contribution in [-0.4, -0.2) is 73.4 Å². The Kier molecular flexibility index (Phi) is 72.5. The fraction of sp³-hybridized carbons (Fsp3) is 0.892. The highest BCUT2D eigenvalue weighted by Crippen LogP contribution is 2.43.